The highest BCUT2D eigenvalue weighted by Crippen LogP contribution is 2.52. The second-order valence-corrected chi connectivity index (χ2v) is 5.21. The van der Waals surface area contributed by atoms with Crippen LogP contribution in [0.15, 0.2) is 18.2 Å². The van der Waals surface area contributed by atoms with Crippen molar-refractivity contribution in [2.24, 2.45) is 5.73 Å². The van der Waals surface area contributed by atoms with Gasteiger partial charge < -0.3 is 10.8 Å². The van der Waals surface area contributed by atoms with Gasteiger partial charge in [-0.2, -0.15) is 13.2 Å². The average Bonchev–Trinajstić information content (AvgIpc) is 2.95. The highest BCUT2D eigenvalue weighted by molar-refractivity contribution is 6.27. The Morgan fingerprint density at radius 1 is 1.53 bits per heavy atom. The first-order valence-corrected chi connectivity index (χ1v) is 5.89. The molecular weight excluding hydrogens is 279 g/mol. The molecule has 0 spiro atoms. The zero-order valence-corrected chi connectivity index (χ0v) is 10.5. The van der Waals surface area contributed by atoms with Gasteiger partial charge in [-0.3, -0.25) is 0 Å². The molecule has 0 aliphatic heterocycles. The molecule has 102 valence electrons. The van der Waals surface area contributed by atoms with E-state index in [9.17, 15) is 18.3 Å². The molecule has 0 bridgehead atoms. The molecule has 1 aromatic carbocycles. The van der Waals surface area contributed by atoms with Gasteiger partial charge in [-0.1, -0.05) is 24.1 Å². The van der Waals surface area contributed by atoms with E-state index in [-0.39, 0.29) is 17.2 Å². The van der Waals surface area contributed by atoms with E-state index in [0.717, 1.165) is 6.07 Å². The van der Waals surface area contributed by atoms with Crippen molar-refractivity contribution in [2.45, 2.75) is 29.6 Å². The van der Waals surface area contributed by atoms with Crippen molar-refractivity contribution in [1.29, 1.82) is 0 Å². The number of hydrogen-bond donors (Lipinski definition) is 2. The Bertz CT molecular complexity index is 552. The van der Waals surface area contributed by atoms with Crippen LogP contribution in [0.25, 0.3) is 0 Å². The van der Waals surface area contributed by atoms with E-state index in [4.69, 9.17) is 23.8 Å². The lowest BCUT2D eigenvalue weighted by Crippen LogP contribution is -2.22. The number of nitrogens with two attached hydrogens (primary N) is 1. The summed E-state index contributed by atoms with van der Waals surface area (Å²) in [5.41, 5.74) is 5.65. The van der Waals surface area contributed by atoms with Gasteiger partial charge in [-0.15, -0.1) is 18.0 Å². The first-order valence-electron chi connectivity index (χ1n) is 5.51. The second-order valence-electron chi connectivity index (χ2n) is 4.53. The molecule has 1 aliphatic carbocycles. The Kier molecular flexibility index (Phi) is 3.29. The van der Waals surface area contributed by atoms with Crippen LogP contribution >= 0.6 is 11.6 Å². The number of terminal acetylenes is 1. The molecule has 0 amide bonds. The van der Waals surface area contributed by atoms with Gasteiger partial charge >= 0.3 is 6.18 Å². The van der Waals surface area contributed by atoms with Crippen molar-refractivity contribution in [3.05, 3.63) is 34.9 Å². The Labute approximate surface area is 113 Å². The van der Waals surface area contributed by atoms with Crippen molar-refractivity contribution in [2.75, 3.05) is 0 Å². The van der Waals surface area contributed by atoms with Crippen molar-refractivity contribution in [1.82, 2.24) is 0 Å². The van der Waals surface area contributed by atoms with Gasteiger partial charge in [0, 0.05) is 17.2 Å². The number of benzene rings is 1. The molecule has 1 aromatic rings. The van der Waals surface area contributed by atoms with Crippen LogP contribution in [0.2, 0.25) is 0 Å². The van der Waals surface area contributed by atoms with Gasteiger partial charge in [0.2, 0.25) is 0 Å². The topological polar surface area (TPSA) is 46.2 Å². The molecule has 19 heavy (non-hydrogen) atoms. The van der Waals surface area contributed by atoms with Crippen molar-refractivity contribution in [3.63, 3.8) is 0 Å². The molecule has 0 saturated heterocycles. The number of aliphatic hydroxyl groups excluding tert-OH is 1. The summed E-state index contributed by atoms with van der Waals surface area (Å²) in [5, 5.41) is 9.35. The summed E-state index contributed by atoms with van der Waals surface area (Å²) in [5.74, 6) is 2.18. The van der Waals surface area contributed by atoms with Crippen LogP contribution in [-0.4, -0.2) is 17.3 Å². The summed E-state index contributed by atoms with van der Waals surface area (Å²) in [4.78, 5) is -0.928. The Morgan fingerprint density at radius 2 is 2.11 bits per heavy atom. The molecule has 6 heteroatoms. The van der Waals surface area contributed by atoms with E-state index in [2.05, 4.69) is 5.92 Å². The van der Waals surface area contributed by atoms with Crippen LogP contribution in [0.1, 0.15) is 29.2 Å². The van der Waals surface area contributed by atoms with Crippen LogP contribution in [0.4, 0.5) is 13.2 Å². The molecule has 0 heterocycles. The van der Waals surface area contributed by atoms with Crippen LogP contribution in [0.5, 0.6) is 0 Å². The third-order valence-corrected chi connectivity index (χ3v) is 3.88. The largest absolute Gasteiger partial charge is 0.418 e. The fourth-order valence-electron chi connectivity index (χ4n) is 2.05. The number of aliphatic hydroxyl groups is 1. The van der Waals surface area contributed by atoms with Gasteiger partial charge in [0.05, 0.1) is 4.87 Å². The molecule has 1 aliphatic rings. The normalized spacial score (nSPS) is 27.7. The number of halogens is 4. The molecule has 3 atom stereocenters. The molecule has 1 saturated carbocycles. The molecule has 0 aromatic heterocycles. The zero-order chi connectivity index (χ0) is 14.4. The van der Waals surface area contributed by atoms with Gasteiger partial charge in [-0.05, 0) is 12.0 Å². The van der Waals surface area contributed by atoms with E-state index in [1.807, 2.05) is 0 Å². The summed E-state index contributed by atoms with van der Waals surface area (Å²) >= 11 is 6.21. The van der Waals surface area contributed by atoms with Gasteiger partial charge in [0.25, 0.3) is 0 Å². The first-order chi connectivity index (χ1) is 8.71. The fraction of sp³-hybridized carbons (Fsp3) is 0.385. The SMILES string of the molecule is C#Cc1c(C(O)C(F)(F)F)cccc1[C@@]1(Cl)C[C@@H]1N. The minimum atomic E-state index is -4.78. The van der Waals surface area contributed by atoms with E-state index in [1.165, 1.54) is 6.07 Å². The molecule has 2 nitrogen and oxygen atoms in total. The van der Waals surface area contributed by atoms with Crippen molar-refractivity contribution in [3.8, 4) is 12.3 Å². The predicted molar refractivity (Wildman–Crippen MR) is 65.5 cm³/mol. The minimum Gasteiger partial charge on any atom is -0.379 e. The van der Waals surface area contributed by atoms with Crippen molar-refractivity contribution >= 4 is 11.6 Å². The van der Waals surface area contributed by atoms with Crippen LogP contribution in [0.3, 0.4) is 0 Å². The summed E-state index contributed by atoms with van der Waals surface area (Å²) in [6, 6.07) is 3.72. The quantitative estimate of drug-likeness (QED) is 0.649. The summed E-state index contributed by atoms with van der Waals surface area (Å²) in [7, 11) is 0. The average molecular weight is 290 g/mol. The summed E-state index contributed by atoms with van der Waals surface area (Å²) < 4.78 is 37.8. The molecule has 1 fully saturated rings. The number of rotatable bonds is 2. The maximum atomic E-state index is 12.6. The van der Waals surface area contributed by atoms with Crippen LogP contribution in [-0.2, 0) is 4.87 Å². The molecule has 2 rings (SSSR count). The van der Waals surface area contributed by atoms with Gasteiger partial charge in [0.15, 0.2) is 6.10 Å². The standard InChI is InChI=1S/C13H11ClF3NO/c1-2-7-8(11(19)13(15,16)17)4-3-5-9(7)12(14)6-10(12)18/h1,3-5,10-11,19H,6,18H2/t10-,11?,12-/m0/s1. The number of alkyl halides is 4. The Morgan fingerprint density at radius 3 is 2.53 bits per heavy atom. The van der Waals surface area contributed by atoms with E-state index >= 15 is 0 Å². The van der Waals surface area contributed by atoms with Crippen LogP contribution < -0.4 is 5.73 Å². The molecule has 0 radical (unpaired) electrons. The third kappa shape index (κ3) is 2.32. The fourth-order valence-corrected chi connectivity index (χ4v) is 2.38. The Hall–Kier alpha value is -1.22. The maximum absolute atomic E-state index is 12.6. The molecular formula is C13H11ClF3NO. The van der Waals surface area contributed by atoms with Gasteiger partial charge in [0.1, 0.15) is 0 Å². The molecule has 1 unspecified atom stereocenters. The lowest BCUT2D eigenvalue weighted by atomic mass is 9.94. The van der Waals surface area contributed by atoms with Crippen LogP contribution in [0, 0.1) is 12.3 Å². The summed E-state index contributed by atoms with van der Waals surface area (Å²) in [6.07, 6.45) is -1.70. The summed E-state index contributed by atoms with van der Waals surface area (Å²) in [6.45, 7) is 0. The van der Waals surface area contributed by atoms with E-state index < -0.39 is 17.2 Å². The first kappa shape index (κ1) is 14.2. The minimum absolute atomic E-state index is 0.0322. The zero-order valence-electron chi connectivity index (χ0n) is 9.71. The lowest BCUT2D eigenvalue weighted by Gasteiger charge is -2.20. The predicted octanol–water partition coefficient (Wildman–Crippen LogP) is 2.43. The highest BCUT2D eigenvalue weighted by Gasteiger charge is 2.53. The number of hydrogen-bond acceptors (Lipinski definition) is 2. The molecule has 3 N–H and O–H groups in total. The van der Waals surface area contributed by atoms with E-state index in [1.54, 1.807) is 6.07 Å². The second kappa shape index (κ2) is 4.41. The highest BCUT2D eigenvalue weighted by atomic mass is 35.5. The Balaban J connectivity index is 2.54. The maximum Gasteiger partial charge on any atom is 0.418 e. The lowest BCUT2D eigenvalue weighted by molar-refractivity contribution is -0.206. The van der Waals surface area contributed by atoms with Crippen molar-refractivity contribution < 1.29 is 18.3 Å². The van der Waals surface area contributed by atoms with E-state index in [0.29, 0.717) is 12.0 Å². The smallest absolute Gasteiger partial charge is 0.379 e. The van der Waals surface area contributed by atoms with Gasteiger partial charge in [-0.25, -0.2) is 0 Å². The third-order valence-electron chi connectivity index (χ3n) is 3.24. The monoisotopic (exact) mass is 289 g/mol.